The summed E-state index contributed by atoms with van der Waals surface area (Å²) in [6, 6.07) is 19.7. The van der Waals surface area contributed by atoms with Gasteiger partial charge in [-0.05, 0) is 47.5 Å². The van der Waals surface area contributed by atoms with Crippen molar-refractivity contribution in [1.29, 1.82) is 0 Å². The minimum Gasteiger partial charge on any atom is -0.362 e. The zero-order valence-electron chi connectivity index (χ0n) is 16.1. The molecule has 0 bridgehead atoms. The average molecular weight is 401 g/mol. The summed E-state index contributed by atoms with van der Waals surface area (Å²) in [6.07, 6.45) is 0.864. The van der Waals surface area contributed by atoms with E-state index in [1.165, 1.54) is 27.4 Å². The number of hydrogen-bond acceptors (Lipinski definition) is 4. The van der Waals surface area contributed by atoms with Gasteiger partial charge in [0.15, 0.2) is 0 Å². The van der Waals surface area contributed by atoms with Crippen molar-refractivity contribution in [3.05, 3.63) is 93.3 Å². The second-order valence-electron chi connectivity index (χ2n) is 7.37. The molecule has 5 heteroatoms. The fourth-order valence-electron chi connectivity index (χ4n) is 4.17. The first-order chi connectivity index (χ1) is 14.1. The number of benzene rings is 2. The number of amides is 2. The van der Waals surface area contributed by atoms with E-state index in [9.17, 15) is 9.59 Å². The lowest BCUT2D eigenvalue weighted by atomic mass is 9.99. The van der Waals surface area contributed by atoms with Gasteiger partial charge >= 0.3 is 0 Å². The maximum absolute atomic E-state index is 13.6. The van der Waals surface area contributed by atoms with E-state index in [1.807, 2.05) is 54.8 Å². The minimum absolute atomic E-state index is 0.230. The molecular weight excluding hydrogens is 380 g/mol. The summed E-state index contributed by atoms with van der Waals surface area (Å²) in [5.41, 5.74) is 5.14. The van der Waals surface area contributed by atoms with Crippen molar-refractivity contribution in [2.24, 2.45) is 0 Å². The summed E-state index contributed by atoms with van der Waals surface area (Å²) in [7, 11) is 0. The Kier molecular flexibility index (Phi) is 4.32. The highest BCUT2D eigenvalue weighted by Gasteiger charge is 2.43. The first-order valence-corrected chi connectivity index (χ1v) is 10.6. The molecule has 0 atom stereocenters. The molecule has 0 saturated carbocycles. The van der Waals surface area contributed by atoms with Crippen LogP contribution in [-0.2, 0) is 22.6 Å². The molecule has 1 aromatic heterocycles. The largest absolute Gasteiger partial charge is 0.362 e. The van der Waals surface area contributed by atoms with Crippen LogP contribution in [0, 0.1) is 6.92 Å². The Morgan fingerprint density at radius 2 is 1.62 bits per heavy atom. The van der Waals surface area contributed by atoms with E-state index in [0.29, 0.717) is 23.5 Å². The number of carbonyl (C=O) groups is 2. The molecule has 29 heavy (non-hydrogen) atoms. The number of nitrogens with zero attached hydrogens (tertiary/aromatic N) is 2. The van der Waals surface area contributed by atoms with E-state index in [-0.39, 0.29) is 11.8 Å². The lowest BCUT2D eigenvalue weighted by Gasteiger charge is -2.31. The molecule has 3 aromatic rings. The molecule has 2 aliphatic heterocycles. The standard InChI is InChI=1S/C24H20N2O2S/c1-16-7-2-5-10-19(16)26-23(27)21(20-11-6-14-29-20)22(24(26)28)25-13-12-17-8-3-4-9-18(17)15-25/h2-11,14H,12-13,15H2,1H3. The van der Waals surface area contributed by atoms with Gasteiger partial charge in [0.1, 0.15) is 5.70 Å². The van der Waals surface area contributed by atoms with E-state index < -0.39 is 0 Å². The second-order valence-corrected chi connectivity index (χ2v) is 8.32. The van der Waals surface area contributed by atoms with Crippen molar-refractivity contribution in [3.8, 4) is 0 Å². The number of aryl methyl sites for hydroxylation is 1. The number of anilines is 1. The molecule has 2 amide bonds. The maximum atomic E-state index is 13.6. The number of thiophene rings is 1. The highest BCUT2D eigenvalue weighted by Crippen LogP contribution is 2.38. The van der Waals surface area contributed by atoms with E-state index in [1.54, 1.807) is 0 Å². The summed E-state index contributed by atoms with van der Waals surface area (Å²) in [5, 5.41) is 1.94. The molecule has 4 nitrogen and oxygen atoms in total. The normalized spacial score (nSPS) is 16.6. The fraction of sp³-hybridized carbons (Fsp3) is 0.167. The highest BCUT2D eigenvalue weighted by atomic mass is 32.1. The van der Waals surface area contributed by atoms with Crippen molar-refractivity contribution in [2.75, 3.05) is 11.4 Å². The van der Waals surface area contributed by atoms with E-state index in [2.05, 4.69) is 23.1 Å². The van der Waals surface area contributed by atoms with Crippen LogP contribution in [0.5, 0.6) is 0 Å². The van der Waals surface area contributed by atoms with Crippen LogP contribution in [0.2, 0.25) is 0 Å². The topological polar surface area (TPSA) is 40.6 Å². The monoisotopic (exact) mass is 400 g/mol. The van der Waals surface area contributed by atoms with Gasteiger partial charge in [0.05, 0.1) is 11.3 Å². The van der Waals surface area contributed by atoms with E-state index >= 15 is 0 Å². The van der Waals surface area contributed by atoms with Gasteiger partial charge in [-0.1, -0.05) is 48.5 Å². The molecule has 5 rings (SSSR count). The molecule has 144 valence electrons. The quantitative estimate of drug-likeness (QED) is 0.612. The van der Waals surface area contributed by atoms with Crippen molar-refractivity contribution in [3.63, 3.8) is 0 Å². The van der Waals surface area contributed by atoms with Crippen molar-refractivity contribution in [1.82, 2.24) is 4.90 Å². The third-order valence-corrected chi connectivity index (χ3v) is 6.52. The molecule has 0 radical (unpaired) electrons. The zero-order chi connectivity index (χ0) is 20.0. The number of hydrogen-bond donors (Lipinski definition) is 0. The van der Waals surface area contributed by atoms with Gasteiger partial charge in [-0.25, -0.2) is 4.90 Å². The number of para-hydroxylation sites is 1. The Balaban J connectivity index is 1.62. The molecule has 0 spiro atoms. The highest BCUT2D eigenvalue weighted by molar-refractivity contribution is 7.11. The second kappa shape index (κ2) is 7.01. The van der Waals surface area contributed by atoms with Crippen molar-refractivity contribution >= 4 is 34.4 Å². The van der Waals surface area contributed by atoms with Crippen molar-refractivity contribution in [2.45, 2.75) is 19.9 Å². The summed E-state index contributed by atoms with van der Waals surface area (Å²) in [5.74, 6) is -0.465. The third-order valence-electron chi connectivity index (χ3n) is 5.63. The third kappa shape index (κ3) is 2.89. The minimum atomic E-state index is -0.236. The molecule has 0 aliphatic carbocycles. The van der Waals surface area contributed by atoms with Gasteiger partial charge < -0.3 is 4.90 Å². The maximum Gasteiger partial charge on any atom is 0.282 e. The lowest BCUT2D eigenvalue weighted by Crippen LogP contribution is -2.37. The smallest absolute Gasteiger partial charge is 0.282 e. The predicted molar refractivity (Wildman–Crippen MR) is 115 cm³/mol. The van der Waals surface area contributed by atoms with Gasteiger partial charge in [0.2, 0.25) is 0 Å². The molecule has 3 heterocycles. The summed E-state index contributed by atoms with van der Waals surface area (Å²) in [6.45, 7) is 3.29. The molecule has 0 saturated heterocycles. The Hall–Kier alpha value is -3.18. The van der Waals surface area contributed by atoms with Crippen LogP contribution in [0.3, 0.4) is 0 Å². The number of rotatable bonds is 3. The van der Waals surface area contributed by atoms with E-state index in [4.69, 9.17) is 0 Å². The summed E-state index contributed by atoms with van der Waals surface area (Å²) >= 11 is 1.50. The Morgan fingerprint density at radius 3 is 2.38 bits per heavy atom. The van der Waals surface area contributed by atoms with Gasteiger partial charge in [0.25, 0.3) is 11.8 Å². The zero-order valence-corrected chi connectivity index (χ0v) is 16.9. The van der Waals surface area contributed by atoms with Crippen LogP contribution in [0.15, 0.2) is 71.7 Å². The first kappa shape index (κ1) is 17.9. The van der Waals surface area contributed by atoms with Gasteiger partial charge in [-0.2, -0.15) is 0 Å². The summed E-state index contributed by atoms with van der Waals surface area (Å²) < 4.78 is 0. The van der Waals surface area contributed by atoms with E-state index in [0.717, 1.165) is 23.4 Å². The van der Waals surface area contributed by atoms with Crippen LogP contribution in [0.25, 0.3) is 5.57 Å². The molecule has 0 fully saturated rings. The fourth-order valence-corrected chi connectivity index (χ4v) is 4.94. The average Bonchev–Trinajstić information content (AvgIpc) is 3.35. The van der Waals surface area contributed by atoms with Gasteiger partial charge in [-0.15, -0.1) is 11.3 Å². The van der Waals surface area contributed by atoms with Gasteiger partial charge in [-0.3, -0.25) is 9.59 Å². The molecule has 0 unspecified atom stereocenters. The van der Waals surface area contributed by atoms with Crippen LogP contribution in [-0.4, -0.2) is 23.3 Å². The van der Waals surface area contributed by atoms with Crippen molar-refractivity contribution < 1.29 is 9.59 Å². The SMILES string of the molecule is Cc1ccccc1N1C(=O)C(c2cccs2)=C(N2CCc3ccccc3C2)C1=O. The Labute approximate surface area is 173 Å². The Morgan fingerprint density at radius 1 is 0.862 bits per heavy atom. The Bertz CT molecular complexity index is 1150. The van der Waals surface area contributed by atoms with Crippen LogP contribution in [0.1, 0.15) is 21.6 Å². The van der Waals surface area contributed by atoms with Gasteiger partial charge in [0, 0.05) is 18.0 Å². The summed E-state index contributed by atoms with van der Waals surface area (Å²) in [4.78, 5) is 31.4. The first-order valence-electron chi connectivity index (χ1n) is 9.69. The molecule has 2 aromatic carbocycles. The molecule has 2 aliphatic rings. The number of imide groups is 1. The lowest BCUT2D eigenvalue weighted by molar-refractivity contribution is -0.120. The molecule has 0 N–H and O–H groups in total. The van der Waals surface area contributed by atoms with Crippen LogP contribution >= 0.6 is 11.3 Å². The van der Waals surface area contributed by atoms with Crippen LogP contribution < -0.4 is 4.90 Å². The predicted octanol–water partition coefficient (Wildman–Crippen LogP) is 4.40. The number of fused-ring (bicyclic) bond motifs is 1. The van der Waals surface area contributed by atoms with Crippen LogP contribution in [0.4, 0.5) is 5.69 Å². The molecular formula is C24H20N2O2S. The number of carbonyl (C=O) groups excluding carboxylic acids is 2.